The molecule has 0 bridgehead atoms. The van der Waals surface area contributed by atoms with E-state index in [2.05, 4.69) is 9.97 Å². The van der Waals surface area contributed by atoms with Crippen molar-refractivity contribution >= 4 is 11.0 Å². The monoisotopic (exact) mass is 283 g/mol. The zero-order chi connectivity index (χ0) is 14.8. The van der Waals surface area contributed by atoms with Crippen LogP contribution in [0.5, 0.6) is 5.75 Å². The van der Waals surface area contributed by atoms with E-state index < -0.39 is 0 Å². The minimum Gasteiger partial charge on any atom is -0.492 e. The molecule has 2 aromatic heterocycles. The third-order valence-corrected chi connectivity index (χ3v) is 3.34. The Bertz CT molecular complexity index is 833. The normalized spacial score (nSPS) is 11.0. The van der Waals surface area contributed by atoms with Crippen molar-refractivity contribution in [3.05, 3.63) is 58.3 Å². The van der Waals surface area contributed by atoms with E-state index in [1.54, 1.807) is 10.9 Å². The van der Waals surface area contributed by atoms with Gasteiger partial charge in [0.25, 0.3) is 5.56 Å². The van der Waals surface area contributed by atoms with Crippen molar-refractivity contribution in [1.29, 1.82) is 0 Å². The number of nitrogens with one attached hydrogen (secondary N) is 1. The zero-order valence-corrected chi connectivity index (χ0v) is 12.1. The highest BCUT2D eigenvalue weighted by molar-refractivity contribution is 5.74. The van der Waals surface area contributed by atoms with Gasteiger partial charge in [-0.1, -0.05) is 12.1 Å². The average molecular weight is 283 g/mol. The lowest BCUT2D eigenvalue weighted by molar-refractivity contribution is 0.296. The van der Waals surface area contributed by atoms with Gasteiger partial charge < -0.3 is 9.72 Å². The van der Waals surface area contributed by atoms with Gasteiger partial charge in [0.05, 0.1) is 11.9 Å². The van der Waals surface area contributed by atoms with E-state index in [4.69, 9.17) is 4.74 Å². The van der Waals surface area contributed by atoms with Gasteiger partial charge in [0.15, 0.2) is 0 Å². The summed E-state index contributed by atoms with van der Waals surface area (Å²) in [5.41, 5.74) is 2.67. The van der Waals surface area contributed by atoms with Crippen molar-refractivity contribution in [3.8, 4) is 5.75 Å². The second kappa shape index (κ2) is 5.44. The summed E-state index contributed by atoms with van der Waals surface area (Å²) in [6.07, 6.45) is 1.56. The van der Waals surface area contributed by atoms with Crippen LogP contribution in [-0.4, -0.2) is 21.1 Å². The maximum absolute atomic E-state index is 12.3. The van der Waals surface area contributed by atoms with Crippen molar-refractivity contribution in [2.75, 3.05) is 6.61 Å². The number of hydrogen-bond donors (Lipinski definition) is 1. The fraction of sp³-hybridized carbons (Fsp3) is 0.250. The first-order valence-corrected chi connectivity index (χ1v) is 6.88. The van der Waals surface area contributed by atoms with Crippen LogP contribution in [0, 0.1) is 13.8 Å². The third kappa shape index (κ3) is 2.81. The minimum atomic E-state index is -0.0443. The summed E-state index contributed by atoms with van der Waals surface area (Å²) in [5, 5.41) is 0.616. The molecule has 0 amide bonds. The SMILES string of the molecule is Cc1cccc(OCCn2cnc3[nH]c(C)cc3c2=O)c1. The van der Waals surface area contributed by atoms with Gasteiger partial charge in [0.2, 0.25) is 0 Å². The molecule has 0 atom stereocenters. The Morgan fingerprint density at radius 3 is 2.95 bits per heavy atom. The Balaban J connectivity index is 1.73. The Kier molecular flexibility index (Phi) is 3.48. The fourth-order valence-corrected chi connectivity index (χ4v) is 2.30. The maximum Gasteiger partial charge on any atom is 0.262 e. The van der Waals surface area contributed by atoms with Gasteiger partial charge in [-0.2, -0.15) is 0 Å². The number of aromatic nitrogens is 3. The molecule has 1 N–H and O–H groups in total. The average Bonchev–Trinajstić information content (AvgIpc) is 2.83. The standard InChI is InChI=1S/C16H17N3O2/c1-11-4-3-5-13(8-11)21-7-6-19-10-17-15-14(16(19)20)9-12(2)18-15/h3-5,8-10,18H,6-7H2,1-2H3. The molecule has 0 saturated heterocycles. The van der Waals surface area contributed by atoms with Gasteiger partial charge in [0.1, 0.15) is 24.3 Å². The van der Waals surface area contributed by atoms with E-state index in [1.807, 2.05) is 44.2 Å². The van der Waals surface area contributed by atoms with Crippen molar-refractivity contribution in [3.63, 3.8) is 0 Å². The molecular formula is C16H17N3O2. The number of nitrogens with zero attached hydrogens (tertiary/aromatic N) is 2. The van der Waals surface area contributed by atoms with Crippen LogP contribution in [0.15, 0.2) is 41.5 Å². The van der Waals surface area contributed by atoms with E-state index in [1.165, 1.54) is 0 Å². The highest BCUT2D eigenvalue weighted by atomic mass is 16.5. The number of aryl methyl sites for hydroxylation is 2. The van der Waals surface area contributed by atoms with Crippen LogP contribution < -0.4 is 10.3 Å². The Hall–Kier alpha value is -2.56. The van der Waals surface area contributed by atoms with Crippen LogP contribution in [-0.2, 0) is 6.54 Å². The van der Waals surface area contributed by atoms with Crippen LogP contribution in [0.2, 0.25) is 0 Å². The Morgan fingerprint density at radius 2 is 2.14 bits per heavy atom. The van der Waals surface area contributed by atoms with E-state index in [0.717, 1.165) is 17.0 Å². The van der Waals surface area contributed by atoms with E-state index >= 15 is 0 Å². The topological polar surface area (TPSA) is 59.9 Å². The van der Waals surface area contributed by atoms with Gasteiger partial charge >= 0.3 is 0 Å². The van der Waals surface area contributed by atoms with Crippen molar-refractivity contribution < 1.29 is 4.74 Å². The van der Waals surface area contributed by atoms with Crippen LogP contribution in [0.4, 0.5) is 0 Å². The number of H-pyrrole nitrogens is 1. The molecule has 3 aromatic rings. The molecule has 0 unspecified atom stereocenters. The van der Waals surface area contributed by atoms with Crippen molar-refractivity contribution in [1.82, 2.24) is 14.5 Å². The van der Waals surface area contributed by atoms with Gasteiger partial charge in [-0.25, -0.2) is 4.98 Å². The summed E-state index contributed by atoms with van der Waals surface area (Å²) in [4.78, 5) is 19.6. The quantitative estimate of drug-likeness (QED) is 0.800. The predicted octanol–water partition coefficient (Wildman–Crippen LogP) is 2.42. The first-order valence-electron chi connectivity index (χ1n) is 6.88. The number of ether oxygens (including phenoxy) is 1. The number of rotatable bonds is 4. The lowest BCUT2D eigenvalue weighted by Gasteiger charge is -2.08. The molecule has 0 saturated carbocycles. The molecule has 0 fully saturated rings. The molecule has 5 nitrogen and oxygen atoms in total. The van der Waals surface area contributed by atoms with Crippen LogP contribution in [0.3, 0.4) is 0 Å². The lowest BCUT2D eigenvalue weighted by atomic mass is 10.2. The number of aromatic amines is 1. The highest BCUT2D eigenvalue weighted by Crippen LogP contribution is 2.12. The molecule has 108 valence electrons. The predicted molar refractivity (Wildman–Crippen MR) is 81.8 cm³/mol. The van der Waals surface area contributed by atoms with E-state index in [-0.39, 0.29) is 5.56 Å². The molecule has 0 aliphatic rings. The highest BCUT2D eigenvalue weighted by Gasteiger charge is 2.06. The van der Waals surface area contributed by atoms with Gasteiger partial charge in [-0.05, 0) is 37.6 Å². The molecule has 0 aliphatic carbocycles. The second-order valence-electron chi connectivity index (χ2n) is 5.12. The van der Waals surface area contributed by atoms with E-state index in [9.17, 15) is 4.79 Å². The fourth-order valence-electron chi connectivity index (χ4n) is 2.30. The molecule has 21 heavy (non-hydrogen) atoms. The summed E-state index contributed by atoms with van der Waals surface area (Å²) < 4.78 is 7.24. The summed E-state index contributed by atoms with van der Waals surface area (Å²) in [6, 6.07) is 9.67. The van der Waals surface area contributed by atoms with Crippen molar-refractivity contribution in [2.45, 2.75) is 20.4 Å². The Labute approximate surface area is 122 Å². The number of hydrogen-bond acceptors (Lipinski definition) is 3. The zero-order valence-electron chi connectivity index (χ0n) is 12.1. The van der Waals surface area contributed by atoms with Gasteiger partial charge in [0, 0.05) is 5.69 Å². The molecule has 0 radical (unpaired) electrons. The summed E-state index contributed by atoms with van der Waals surface area (Å²) >= 11 is 0. The first-order chi connectivity index (χ1) is 10.1. The molecular weight excluding hydrogens is 266 g/mol. The molecule has 5 heteroatoms. The first kappa shape index (κ1) is 13.4. The van der Waals surface area contributed by atoms with Gasteiger partial charge in [-0.3, -0.25) is 9.36 Å². The maximum atomic E-state index is 12.3. The Morgan fingerprint density at radius 1 is 1.29 bits per heavy atom. The molecule has 2 heterocycles. The molecule has 3 rings (SSSR count). The lowest BCUT2D eigenvalue weighted by Crippen LogP contribution is -2.23. The van der Waals surface area contributed by atoms with E-state index in [0.29, 0.717) is 24.2 Å². The minimum absolute atomic E-state index is 0.0443. The van der Waals surface area contributed by atoms with Gasteiger partial charge in [-0.15, -0.1) is 0 Å². The molecule has 0 aliphatic heterocycles. The van der Waals surface area contributed by atoms with Crippen LogP contribution in [0.1, 0.15) is 11.3 Å². The third-order valence-electron chi connectivity index (χ3n) is 3.34. The van der Waals surface area contributed by atoms with Crippen LogP contribution in [0.25, 0.3) is 11.0 Å². The smallest absolute Gasteiger partial charge is 0.262 e. The summed E-state index contributed by atoms with van der Waals surface area (Å²) in [7, 11) is 0. The largest absolute Gasteiger partial charge is 0.492 e. The number of benzene rings is 1. The van der Waals surface area contributed by atoms with Crippen LogP contribution >= 0.6 is 0 Å². The summed E-state index contributed by atoms with van der Waals surface area (Å²) in [5.74, 6) is 0.814. The van der Waals surface area contributed by atoms with Crippen molar-refractivity contribution in [2.24, 2.45) is 0 Å². The molecule has 1 aromatic carbocycles. The summed E-state index contributed by atoms with van der Waals surface area (Å²) in [6.45, 7) is 4.83. The molecule has 0 spiro atoms. The second-order valence-corrected chi connectivity index (χ2v) is 5.12. The number of fused-ring (bicyclic) bond motifs is 1.